The lowest BCUT2D eigenvalue weighted by Crippen LogP contribution is -2.38. The largest absolute Gasteiger partial charge is 0.480 e. The Kier molecular flexibility index (Phi) is 3.71. The summed E-state index contributed by atoms with van der Waals surface area (Å²) in [6.07, 6.45) is 0.429. The third kappa shape index (κ3) is 2.28. The number of amides is 1. The van der Waals surface area contributed by atoms with Gasteiger partial charge in [0.2, 0.25) is 5.91 Å². The molecule has 0 spiro atoms. The van der Waals surface area contributed by atoms with Gasteiger partial charge in [-0.2, -0.15) is 0 Å². The number of carbonyl (C=O) groups is 2. The molecule has 1 aromatic carbocycles. The molecular formula is C11H8Cl3NO3. The van der Waals surface area contributed by atoms with E-state index in [-0.39, 0.29) is 39.5 Å². The van der Waals surface area contributed by atoms with Gasteiger partial charge in [-0.3, -0.25) is 9.69 Å². The molecule has 1 N–H and O–H groups in total. The van der Waals surface area contributed by atoms with Gasteiger partial charge >= 0.3 is 5.97 Å². The Morgan fingerprint density at radius 2 is 1.83 bits per heavy atom. The van der Waals surface area contributed by atoms with E-state index >= 15 is 0 Å². The lowest BCUT2D eigenvalue weighted by atomic mass is 10.2. The number of carboxylic acids is 1. The van der Waals surface area contributed by atoms with Crippen LogP contribution in [0.3, 0.4) is 0 Å². The zero-order chi connectivity index (χ0) is 13.4. The Morgan fingerprint density at radius 1 is 1.22 bits per heavy atom. The first-order chi connectivity index (χ1) is 8.41. The first-order valence-electron chi connectivity index (χ1n) is 5.11. The molecule has 1 aliphatic rings. The summed E-state index contributed by atoms with van der Waals surface area (Å²) in [6.45, 7) is 0. The topological polar surface area (TPSA) is 57.6 Å². The molecule has 0 radical (unpaired) electrons. The molecule has 96 valence electrons. The maximum absolute atomic E-state index is 11.8. The van der Waals surface area contributed by atoms with Crippen LogP contribution in [0.5, 0.6) is 0 Å². The summed E-state index contributed by atoms with van der Waals surface area (Å²) in [7, 11) is 0. The van der Waals surface area contributed by atoms with Crippen molar-refractivity contribution < 1.29 is 14.7 Å². The standard InChI is InChI=1S/C11H8Cl3NO3/c12-5-3-7(14)9(4-6(5)13)15-8(11(17)18)1-2-10(15)16/h3-4,8H,1-2H2,(H,17,18)/t8-/m0/s1. The van der Waals surface area contributed by atoms with Crippen molar-refractivity contribution in [2.45, 2.75) is 18.9 Å². The molecule has 1 amide bonds. The average Bonchev–Trinajstić information content (AvgIpc) is 2.66. The maximum Gasteiger partial charge on any atom is 0.326 e. The van der Waals surface area contributed by atoms with Crippen LogP contribution in [0, 0.1) is 0 Å². The van der Waals surface area contributed by atoms with E-state index in [9.17, 15) is 9.59 Å². The Morgan fingerprint density at radius 3 is 2.44 bits per heavy atom. The normalized spacial score (nSPS) is 19.4. The van der Waals surface area contributed by atoms with Gasteiger partial charge in [-0.25, -0.2) is 4.79 Å². The fourth-order valence-corrected chi connectivity index (χ4v) is 2.55. The highest BCUT2D eigenvalue weighted by atomic mass is 35.5. The number of halogens is 3. The van der Waals surface area contributed by atoms with Crippen molar-refractivity contribution in [2.75, 3.05) is 4.90 Å². The fourth-order valence-electron chi connectivity index (χ4n) is 1.92. The van der Waals surface area contributed by atoms with Crippen molar-refractivity contribution in [3.8, 4) is 0 Å². The highest BCUT2D eigenvalue weighted by Crippen LogP contribution is 2.38. The molecule has 0 aromatic heterocycles. The first-order valence-corrected chi connectivity index (χ1v) is 6.24. The molecule has 0 aliphatic carbocycles. The maximum atomic E-state index is 11.8. The van der Waals surface area contributed by atoms with E-state index in [4.69, 9.17) is 39.9 Å². The van der Waals surface area contributed by atoms with Gasteiger partial charge < -0.3 is 5.11 Å². The lowest BCUT2D eigenvalue weighted by Gasteiger charge is -2.23. The molecular weight excluding hydrogens is 300 g/mol. The number of carbonyl (C=O) groups excluding carboxylic acids is 1. The van der Waals surface area contributed by atoms with Crippen molar-refractivity contribution in [3.05, 3.63) is 27.2 Å². The van der Waals surface area contributed by atoms with Crippen molar-refractivity contribution in [3.63, 3.8) is 0 Å². The first kappa shape index (κ1) is 13.5. The number of rotatable bonds is 2. The molecule has 7 heteroatoms. The van der Waals surface area contributed by atoms with E-state index < -0.39 is 12.0 Å². The molecule has 1 heterocycles. The molecule has 1 aliphatic heterocycles. The van der Waals surface area contributed by atoms with E-state index in [2.05, 4.69) is 0 Å². The number of benzene rings is 1. The van der Waals surface area contributed by atoms with Crippen LogP contribution in [0.4, 0.5) is 5.69 Å². The van der Waals surface area contributed by atoms with Gasteiger partial charge in [0.05, 0.1) is 20.8 Å². The highest BCUT2D eigenvalue weighted by molar-refractivity contribution is 6.44. The van der Waals surface area contributed by atoms with E-state index in [1.807, 2.05) is 0 Å². The predicted molar refractivity (Wildman–Crippen MR) is 69.6 cm³/mol. The zero-order valence-electron chi connectivity index (χ0n) is 8.99. The van der Waals surface area contributed by atoms with Crippen LogP contribution in [0.2, 0.25) is 15.1 Å². The SMILES string of the molecule is O=C(O)[C@@H]1CCC(=O)N1c1cc(Cl)c(Cl)cc1Cl. The monoisotopic (exact) mass is 307 g/mol. The van der Waals surface area contributed by atoms with Crippen LogP contribution < -0.4 is 4.90 Å². The minimum absolute atomic E-state index is 0.174. The van der Waals surface area contributed by atoms with Crippen LogP contribution in [0.15, 0.2) is 12.1 Å². The van der Waals surface area contributed by atoms with Gasteiger partial charge in [0, 0.05) is 6.42 Å². The second-order valence-corrected chi connectivity index (χ2v) is 5.10. The lowest BCUT2D eigenvalue weighted by molar-refractivity contribution is -0.138. The minimum atomic E-state index is -1.07. The summed E-state index contributed by atoms with van der Waals surface area (Å²) in [5.41, 5.74) is 0.279. The quantitative estimate of drug-likeness (QED) is 0.853. The van der Waals surface area contributed by atoms with Gasteiger partial charge in [0.15, 0.2) is 0 Å². The van der Waals surface area contributed by atoms with Crippen LogP contribution in [-0.4, -0.2) is 23.0 Å². The van der Waals surface area contributed by atoms with Crippen molar-refractivity contribution >= 4 is 52.4 Å². The van der Waals surface area contributed by atoms with Gasteiger partial charge in [-0.05, 0) is 18.6 Å². The van der Waals surface area contributed by atoms with Crippen LogP contribution in [0.25, 0.3) is 0 Å². The third-order valence-electron chi connectivity index (χ3n) is 2.75. The Bertz CT molecular complexity index is 533. The molecule has 1 fully saturated rings. The van der Waals surface area contributed by atoms with E-state index in [0.717, 1.165) is 4.90 Å². The van der Waals surface area contributed by atoms with Gasteiger partial charge in [0.25, 0.3) is 0 Å². The van der Waals surface area contributed by atoms with Crippen LogP contribution in [-0.2, 0) is 9.59 Å². The summed E-state index contributed by atoms with van der Waals surface area (Å²) in [6, 6.07) is 1.89. The molecule has 1 saturated heterocycles. The third-order valence-corrected chi connectivity index (χ3v) is 3.77. The Balaban J connectivity index is 2.49. The summed E-state index contributed by atoms with van der Waals surface area (Å²) >= 11 is 17.6. The van der Waals surface area contributed by atoms with Gasteiger partial charge in [-0.1, -0.05) is 34.8 Å². The smallest absolute Gasteiger partial charge is 0.326 e. The number of aliphatic carboxylic acids is 1. The molecule has 0 saturated carbocycles. The number of hydrogen-bond acceptors (Lipinski definition) is 2. The number of anilines is 1. The number of hydrogen-bond donors (Lipinski definition) is 1. The second kappa shape index (κ2) is 4.96. The highest BCUT2D eigenvalue weighted by Gasteiger charge is 2.38. The number of nitrogens with zero attached hydrogens (tertiary/aromatic N) is 1. The Hall–Kier alpha value is -0.970. The second-order valence-electron chi connectivity index (χ2n) is 3.87. The summed E-state index contributed by atoms with van der Waals surface area (Å²) in [5, 5.41) is 9.76. The molecule has 4 nitrogen and oxygen atoms in total. The van der Waals surface area contributed by atoms with Crippen molar-refractivity contribution in [1.29, 1.82) is 0 Å². The molecule has 18 heavy (non-hydrogen) atoms. The molecule has 2 rings (SSSR count). The molecule has 1 aromatic rings. The average molecular weight is 309 g/mol. The molecule has 0 bridgehead atoms. The van der Waals surface area contributed by atoms with E-state index in [0.29, 0.717) is 0 Å². The zero-order valence-corrected chi connectivity index (χ0v) is 11.3. The fraction of sp³-hybridized carbons (Fsp3) is 0.273. The number of carboxylic acid groups (broad SMARTS) is 1. The minimum Gasteiger partial charge on any atom is -0.480 e. The van der Waals surface area contributed by atoms with Crippen LogP contribution in [0.1, 0.15) is 12.8 Å². The summed E-state index contributed by atoms with van der Waals surface area (Å²) in [5.74, 6) is -1.36. The molecule has 1 atom stereocenters. The predicted octanol–water partition coefficient (Wildman–Crippen LogP) is 3.23. The van der Waals surface area contributed by atoms with Crippen LogP contribution >= 0.6 is 34.8 Å². The van der Waals surface area contributed by atoms with E-state index in [1.165, 1.54) is 12.1 Å². The van der Waals surface area contributed by atoms with Crippen molar-refractivity contribution in [1.82, 2.24) is 0 Å². The van der Waals surface area contributed by atoms with Gasteiger partial charge in [-0.15, -0.1) is 0 Å². The van der Waals surface area contributed by atoms with Crippen molar-refractivity contribution in [2.24, 2.45) is 0 Å². The molecule has 0 unspecified atom stereocenters. The summed E-state index contributed by atoms with van der Waals surface area (Å²) < 4.78 is 0. The Labute approximate surface area is 118 Å². The van der Waals surface area contributed by atoms with Gasteiger partial charge in [0.1, 0.15) is 6.04 Å². The summed E-state index contributed by atoms with van der Waals surface area (Å²) in [4.78, 5) is 24.0. The van der Waals surface area contributed by atoms with E-state index in [1.54, 1.807) is 0 Å².